The van der Waals surface area contributed by atoms with Gasteiger partial charge in [-0.05, 0) is 18.9 Å². The Morgan fingerprint density at radius 1 is 1.73 bits per heavy atom. The van der Waals surface area contributed by atoms with Crippen molar-refractivity contribution >= 4 is 11.8 Å². The topological polar surface area (TPSA) is 74.3 Å². The Morgan fingerprint density at radius 2 is 2.53 bits per heavy atom. The normalized spacial score (nSPS) is 16.1. The lowest BCUT2D eigenvalue weighted by atomic mass is 10.2. The number of nitrogens with one attached hydrogen (secondary N) is 2. The third-order valence-corrected chi connectivity index (χ3v) is 1.56. The van der Waals surface area contributed by atoms with Crippen LogP contribution in [0.4, 0.5) is 0 Å². The molecule has 1 atom stereocenters. The molecule has 0 bridgehead atoms. The molecule has 0 aromatic heterocycles. The lowest BCUT2D eigenvalue weighted by molar-refractivity contribution is 0.955. The molecular weight excluding hydrogens is 188 g/mol. The molecule has 0 aliphatic rings. The Bertz CT molecular complexity index is 473. The van der Waals surface area contributed by atoms with Crippen molar-refractivity contribution in [3.63, 3.8) is 0 Å². The number of rotatable bonds is 3. The Morgan fingerprint density at radius 3 is 3.27 bits per heavy atom. The minimum absolute atomic E-state index is 0.0102. The largest absolute Gasteiger partial charge is 0.370 e. The number of aryl methyl sites for hydroxylation is 1. The van der Waals surface area contributed by atoms with Crippen LogP contribution in [-0.2, 0) is 6.42 Å². The Hall–Kier alpha value is -1.84. The van der Waals surface area contributed by atoms with Crippen LogP contribution < -0.4 is 11.1 Å². The summed E-state index contributed by atoms with van der Waals surface area (Å²) in [6, 6.07) is 5.19. The summed E-state index contributed by atoms with van der Waals surface area (Å²) in [6.45, 7) is 0.662. The van der Waals surface area contributed by atoms with Gasteiger partial charge in [-0.3, -0.25) is 10.4 Å². The van der Waals surface area contributed by atoms with E-state index in [0.29, 0.717) is 11.6 Å². The zero-order valence-electron chi connectivity index (χ0n) is 11.5. The molecule has 4 N–H and O–H groups in total. The Labute approximate surface area is 93.9 Å². The maximum absolute atomic E-state index is 7.73. The summed E-state index contributed by atoms with van der Waals surface area (Å²) in [7, 11) is 0. The average molecular weight is 207 g/mol. The quantitative estimate of drug-likeness (QED) is 0.513. The predicted octanol–water partition coefficient (Wildman–Crippen LogP) is 1.13. The molecule has 0 radical (unpaired) electrons. The summed E-state index contributed by atoms with van der Waals surface area (Å²) in [5.41, 5.74) is 6.08. The van der Waals surface area contributed by atoms with E-state index in [4.69, 9.17) is 15.3 Å². The molecule has 15 heavy (non-hydrogen) atoms. The molecule has 0 amide bonds. The van der Waals surface area contributed by atoms with Gasteiger partial charge in [0.05, 0.1) is 9.95 Å². The number of nitrogens with zero attached hydrogens (tertiary/aromatic N) is 1. The van der Waals surface area contributed by atoms with Crippen LogP contribution >= 0.6 is 0 Å². The molecule has 80 valence electrons. The fourth-order valence-electron chi connectivity index (χ4n) is 0.972. The lowest BCUT2D eigenvalue weighted by Gasteiger charge is -2.02. The summed E-state index contributed by atoms with van der Waals surface area (Å²) in [5, 5.41) is 9.66. The van der Waals surface area contributed by atoms with Gasteiger partial charge >= 0.3 is 0 Å². The number of nitrogens with two attached hydrogens (primary N) is 1. The summed E-state index contributed by atoms with van der Waals surface area (Å²) in [4.78, 5) is 3.85. The van der Waals surface area contributed by atoms with E-state index in [1.807, 2.05) is 0 Å². The molecule has 0 spiro atoms. The maximum Gasteiger partial charge on any atom is 0.194 e. The molecule has 1 aromatic rings. The number of benzene rings is 1. The van der Waals surface area contributed by atoms with Crippen LogP contribution in [0.2, 0.25) is 0 Å². The summed E-state index contributed by atoms with van der Waals surface area (Å²) >= 11 is 0. The van der Waals surface area contributed by atoms with E-state index in [2.05, 4.69) is 10.3 Å². The van der Waals surface area contributed by atoms with Crippen molar-refractivity contribution in [2.75, 3.05) is 6.52 Å². The highest BCUT2D eigenvalue weighted by Gasteiger charge is 1.92. The number of hydrogen-bond donors (Lipinski definition) is 3. The standard InChI is InChI=1S/C11H16N4/c1-9(12)15-11(13)14-8-7-10-5-3-2-4-6-10/h2-6H,7-8H2,1H3,(H4,12,13,14,15)/i3D,6D,8D. The van der Waals surface area contributed by atoms with Gasteiger partial charge in [-0.25, -0.2) is 0 Å². The van der Waals surface area contributed by atoms with E-state index in [1.54, 1.807) is 6.07 Å². The first-order valence-corrected chi connectivity index (χ1v) is 4.52. The first-order chi connectivity index (χ1) is 8.38. The average Bonchev–Trinajstić information content (AvgIpc) is 2.21. The van der Waals surface area contributed by atoms with Gasteiger partial charge in [0, 0.05) is 6.52 Å². The van der Waals surface area contributed by atoms with Gasteiger partial charge in [0.15, 0.2) is 5.96 Å². The fraction of sp³-hybridized carbons (Fsp3) is 0.273. The molecule has 1 rings (SSSR count). The smallest absolute Gasteiger partial charge is 0.194 e. The third kappa shape index (κ3) is 4.81. The minimum Gasteiger partial charge on any atom is -0.370 e. The highest BCUT2D eigenvalue weighted by atomic mass is 15.1. The van der Waals surface area contributed by atoms with Crippen LogP contribution in [0.3, 0.4) is 0 Å². The minimum atomic E-state index is -0.859. The van der Waals surface area contributed by atoms with Crippen LogP contribution in [0, 0.1) is 5.41 Å². The summed E-state index contributed by atoms with van der Waals surface area (Å²) < 4.78 is 22.9. The highest BCUT2D eigenvalue weighted by molar-refractivity contribution is 5.96. The van der Waals surface area contributed by atoms with Gasteiger partial charge in [-0.1, -0.05) is 30.3 Å². The van der Waals surface area contributed by atoms with Crippen molar-refractivity contribution in [2.45, 2.75) is 13.3 Å². The number of guanidine groups is 1. The van der Waals surface area contributed by atoms with Gasteiger partial charge < -0.3 is 11.1 Å². The molecule has 0 saturated heterocycles. The molecule has 0 aliphatic heterocycles. The molecule has 0 saturated carbocycles. The highest BCUT2D eigenvalue weighted by Crippen LogP contribution is 1.98. The number of hydrogen-bond acceptors (Lipinski definition) is 2. The summed E-state index contributed by atoms with van der Waals surface area (Å²) in [5.74, 6) is 0.161. The molecular formula is C11H16N4. The molecule has 0 heterocycles. The van der Waals surface area contributed by atoms with E-state index in [-0.39, 0.29) is 24.3 Å². The number of amidine groups is 1. The van der Waals surface area contributed by atoms with Crippen LogP contribution in [0.5, 0.6) is 0 Å². The van der Waals surface area contributed by atoms with Gasteiger partial charge in [0.1, 0.15) is 0 Å². The van der Waals surface area contributed by atoms with Crippen molar-refractivity contribution < 1.29 is 4.11 Å². The van der Waals surface area contributed by atoms with E-state index in [1.165, 1.54) is 19.1 Å². The van der Waals surface area contributed by atoms with Crippen molar-refractivity contribution in [1.82, 2.24) is 5.32 Å². The molecule has 4 heteroatoms. The van der Waals surface area contributed by atoms with E-state index < -0.39 is 6.52 Å². The lowest BCUT2D eigenvalue weighted by Crippen LogP contribution is -2.35. The van der Waals surface area contributed by atoms with Crippen molar-refractivity contribution in [2.24, 2.45) is 10.7 Å². The zero-order chi connectivity index (χ0) is 13.7. The van der Waals surface area contributed by atoms with Crippen molar-refractivity contribution in [3.8, 4) is 0 Å². The molecule has 1 unspecified atom stereocenters. The van der Waals surface area contributed by atoms with E-state index in [0.717, 1.165) is 0 Å². The maximum atomic E-state index is 7.73. The van der Waals surface area contributed by atoms with E-state index >= 15 is 0 Å². The fourth-order valence-corrected chi connectivity index (χ4v) is 0.972. The van der Waals surface area contributed by atoms with Crippen LogP contribution in [0.25, 0.3) is 0 Å². The van der Waals surface area contributed by atoms with Gasteiger partial charge in [-0.2, -0.15) is 0 Å². The Kier molecular flexibility index (Phi) is 2.88. The first kappa shape index (κ1) is 7.45. The number of aliphatic imine (C=N–C) groups is 1. The molecule has 4 nitrogen and oxygen atoms in total. The monoisotopic (exact) mass is 207 g/mol. The van der Waals surface area contributed by atoms with E-state index in [9.17, 15) is 0 Å². The van der Waals surface area contributed by atoms with Gasteiger partial charge in [-0.15, -0.1) is 0 Å². The first-order valence-electron chi connectivity index (χ1n) is 6.10. The third-order valence-electron chi connectivity index (χ3n) is 1.56. The molecule has 1 aromatic carbocycles. The Balaban J connectivity index is 2.72. The second-order valence-corrected chi connectivity index (χ2v) is 2.96. The molecule has 0 fully saturated rings. The SMILES string of the molecule is [2H]c1ccc([2H])c(CC([2H])N=C(N)NC(C)=N)c1. The van der Waals surface area contributed by atoms with Crippen LogP contribution in [0.1, 0.15) is 16.6 Å². The van der Waals surface area contributed by atoms with Crippen molar-refractivity contribution in [1.29, 1.82) is 5.41 Å². The second-order valence-electron chi connectivity index (χ2n) is 2.96. The van der Waals surface area contributed by atoms with Crippen LogP contribution in [0.15, 0.2) is 35.3 Å². The summed E-state index contributed by atoms with van der Waals surface area (Å²) in [6.07, 6.45) is 0.213. The van der Waals surface area contributed by atoms with Gasteiger partial charge in [0.2, 0.25) is 0 Å². The molecule has 0 aliphatic carbocycles. The van der Waals surface area contributed by atoms with Crippen LogP contribution in [-0.4, -0.2) is 18.3 Å². The second kappa shape index (κ2) is 5.80. The van der Waals surface area contributed by atoms with Gasteiger partial charge in [0.25, 0.3) is 0 Å². The predicted molar refractivity (Wildman–Crippen MR) is 63.2 cm³/mol. The van der Waals surface area contributed by atoms with Crippen molar-refractivity contribution in [3.05, 3.63) is 35.8 Å². The zero-order valence-corrected chi connectivity index (χ0v) is 8.54.